The highest BCUT2D eigenvalue weighted by Crippen LogP contribution is 2.17. The lowest BCUT2D eigenvalue weighted by molar-refractivity contribution is -0.121. The van der Waals surface area contributed by atoms with E-state index >= 15 is 0 Å². The Balaban J connectivity index is 1.58. The van der Waals surface area contributed by atoms with E-state index in [1.165, 1.54) is 0 Å². The molecule has 2 aromatic heterocycles. The van der Waals surface area contributed by atoms with Gasteiger partial charge in [-0.3, -0.25) is 14.5 Å². The van der Waals surface area contributed by atoms with Gasteiger partial charge in [0.25, 0.3) is 0 Å². The summed E-state index contributed by atoms with van der Waals surface area (Å²) in [6.45, 7) is 4.48. The first-order chi connectivity index (χ1) is 10.2. The van der Waals surface area contributed by atoms with Gasteiger partial charge in [-0.2, -0.15) is 5.10 Å². The molecule has 1 saturated heterocycles. The Labute approximate surface area is 123 Å². The number of hydrogen-bond acceptors (Lipinski definition) is 4. The summed E-state index contributed by atoms with van der Waals surface area (Å²) in [7, 11) is 0. The van der Waals surface area contributed by atoms with Gasteiger partial charge in [0.1, 0.15) is 0 Å². The second-order valence-corrected chi connectivity index (χ2v) is 5.45. The number of rotatable bonds is 5. The second kappa shape index (κ2) is 6.05. The zero-order valence-electron chi connectivity index (χ0n) is 12.0. The third-order valence-corrected chi connectivity index (χ3v) is 3.92. The fraction of sp³-hybridized carbons (Fsp3) is 0.400. The zero-order chi connectivity index (χ0) is 14.7. The fourth-order valence-corrected chi connectivity index (χ4v) is 2.31. The van der Waals surface area contributed by atoms with Crippen LogP contribution in [0.1, 0.15) is 12.5 Å². The summed E-state index contributed by atoms with van der Waals surface area (Å²) < 4.78 is 1.81. The molecule has 0 saturated carbocycles. The van der Waals surface area contributed by atoms with Crippen molar-refractivity contribution in [2.75, 3.05) is 18.4 Å². The molecule has 2 aromatic rings. The molecule has 2 N–H and O–H groups in total. The first-order valence-corrected chi connectivity index (χ1v) is 7.16. The van der Waals surface area contributed by atoms with E-state index in [2.05, 4.69) is 20.7 Å². The fourth-order valence-electron chi connectivity index (χ4n) is 2.31. The number of carbonyl (C=O) groups is 1. The zero-order valence-corrected chi connectivity index (χ0v) is 12.0. The van der Waals surface area contributed by atoms with Gasteiger partial charge in [-0.1, -0.05) is 6.92 Å². The van der Waals surface area contributed by atoms with Crippen LogP contribution in [0.15, 0.2) is 36.8 Å². The van der Waals surface area contributed by atoms with Crippen LogP contribution in [-0.4, -0.2) is 33.8 Å². The van der Waals surface area contributed by atoms with Crippen LogP contribution in [0, 0.1) is 11.8 Å². The molecule has 0 bridgehead atoms. The number of aromatic nitrogens is 3. The number of nitrogens with one attached hydrogen (secondary N) is 2. The van der Waals surface area contributed by atoms with Crippen molar-refractivity contribution < 1.29 is 4.79 Å². The van der Waals surface area contributed by atoms with Crippen LogP contribution in [0.5, 0.6) is 0 Å². The Hall–Kier alpha value is -2.21. The Bertz CT molecular complexity index is 606. The minimum Gasteiger partial charge on any atom is -0.316 e. The normalized spacial score (nSPS) is 16.2. The molecule has 1 aliphatic rings. The van der Waals surface area contributed by atoms with Crippen LogP contribution < -0.4 is 10.6 Å². The third kappa shape index (κ3) is 3.28. The van der Waals surface area contributed by atoms with Crippen LogP contribution >= 0.6 is 0 Å². The van der Waals surface area contributed by atoms with Crippen molar-refractivity contribution in [3.05, 3.63) is 42.4 Å². The summed E-state index contributed by atoms with van der Waals surface area (Å²) in [4.78, 5) is 16.1. The topological polar surface area (TPSA) is 71.8 Å². The van der Waals surface area contributed by atoms with E-state index in [0.29, 0.717) is 18.3 Å². The second-order valence-electron chi connectivity index (χ2n) is 5.45. The van der Waals surface area contributed by atoms with Gasteiger partial charge >= 0.3 is 0 Å². The lowest BCUT2D eigenvalue weighted by Crippen LogP contribution is -2.48. The number of hydrogen-bond donors (Lipinski definition) is 2. The third-order valence-electron chi connectivity index (χ3n) is 3.92. The highest BCUT2D eigenvalue weighted by Gasteiger charge is 2.28. The molecule has 1 amide bonds. The maximum atomic E-state index is 12.1. The van der Waals surface area contributed by atoms with Crippen molar-refractivity contribution in [1.82, 2.24) is 20.1 Å². The predicted octanol–water partition coefficient (Wildman–Crippen LogP) is 1.12. The molecule has 6 nitrogen and oxygen atoms in total. The summed E-state index contributed by atoms with van der Waals surface area (Å²) >= 11 is 0. The molecule has 110 valence electrons. The van der Waals surface area contributed by atoms with Gasteiger partial charge in [-0.05, 0) is 36.7 Å². The molecule has 0 aromatic carbocycles. The van der Waals surface area contributed by atoms with Gasteiger partial charge in [0.2, 0.25) is 5.91 Å². The van der Waals surface area contributed by atoms with Gasteiger partial charge in [-0.25, -0.2) is 0 Å². The quantitative estimate of drug-likeness (QED) is 0.863. The standard InChI is InChI=1S/C15H19N5O/c1-11(13-8-17-9-13)15(21)18-14-4-7-20(19-14)10-12-2-5-16-6-3-12/h2-7,11,13,17H,8-10H2,1H3,(H,18,19,21). The molecule has 0 radical (unpaired) electrons. The SMILES string of the molecule is CC(C(=O)Nc1ccn(Cc2ccncc2)n1)C1CNC1. The molecule has 21 heavy (non-hydrogen) atoms. The number of amides is 1. The van der Waals surface area contributed by atoms with E-state index in [4.69, 9.17) is 0 Å². The maximum Gasteiger partial charge on any atom is 0.228 e. The molecule has 1 unspecified atom stereocenters. The average Bonchev–Trinajstić information content (AvgIpc) is 2.85. The minimum atomic E-state index is 0.0107. The van der Waals surface area contributed by atoms with Gasteiger partial charge < -0.3 is 10.6 Å². The Morgan fingerprint density at radius 2 is 2.19 bits per heavy atom. The van der Waals surface area contributed by atoms with Gasteiger partial charge in [0, 0.05) is 30.6 Å². The van der Waals surface area contributed by atoms with Crippen molar-refractivity contribution in [2.24, 2.45) is 11.8 Å². The van der Waals surface area contributed by atoms with Crippen LogP contribution in [0.2, 0.25) is 0 Å². The lowest BCUT2D eigenvalue weighted by atomic mass is 9.88. The van der Waals surface area contributed by atoms with Crippen molar-refractivity contribution in [2.45, 2.75) is 13.5 Å². The first kappa shape index (κ1) is 13.8. The Kier molecular flexibility index (Phi) is 3.96. The predicted molar refractivity (Wildman–Crippen MR) is 79.7 cm³/mol. The first-order valence-electron chi connectivity index (χ1n) is 7.16. The van der Waals surface area contributed by atoms with Crippen molar-refractivity contribution in [3.63, 3.8) is 0 Å². The van der Waals surface area contributed by atoms with E-state index < -0.39 is 0 Å². The van der Waals surface area contributed by atoms with Gasteiger partial charge in [0.15, 0.2) is 5.82 Å². The summed E-state index contributed by atoms with van der Waals surface area (Å²) in [5, 5.41) is 10.5. The molecule has 3 heterocycles. The van der Waals surface area contributed by atoms with Crippen molar-refractivity contribution in [3.8, 4) is 0 Å². The molecule has 3 rings (SSSR count). The molecule has 1 aliphatic heterocycles. The van der Waals surface area contributed by atoms with E-state index in [-0.39, 0.29) is 11.8 Å². The van der Waals surface area contributed by atoms with E-state index in [0.717, 1.165) is 18.7 Å². The highest BCUT2D eigenvalue weighted by molar-refractivity contribution is 5.91. The van der Waals surface area contributed by atoms with E-state index in [1.807, 2.05) is 31.3 Å². The smallest absolute Gasteiger partial charge is 0.228 e. The average molecular weight is 285 g/mol. The molecule has 1 atom stereocenters. The molecular formula is C15H19N5O. The Morgan fingerprint density at radius 1 is 1.43 bits per heavy atom. The highest BCUT2D eigenvalue weighted by atomic mass is 16.2. The summed E-state index contributed by atoms with van der Waals surface area (Å²) in [6.07, 6.45) is 5.39. The molecule has 0 spiro atoms. The van der Waals surface area contributed by atoms with Crippen LogP contribution in [0.4, 0.5) is 5.82 Å². The summed E-state index contributed by atoms with van der Waals surface area (Å²) in [5.41, 5.74) is 1.12. The summed E-state index contributed by atoms with van der Waals surface area (Å²) in [6, 6.07) is 5.72. The number of anilines is 1. The molecule has 0 aliphatic carbocycles. The minimum absolute atomic E-state index is 0.0107. The van der Waals surface area contributed by atoms with Gasteiger partial charge in [0.05, 0.1) is 6.54 Å². The number of carbonyl (C=O) groups excluding carboxylic acids is 1. The van der Waals surface area contributed by atoms with E-state index in [9.17, 15) is 4.79 Å². The Morgan fingerprint density at radius 3 is 2.86 bits per heavy atom. The lowest BCUT2D eigenvalue weighted by Gasteiger charge is -2.31. The number of pyridine rings is 1. The monoisotopic (exact) mass is 285 g/mol. The van der Waals surface area contributed by atoms with Crippen LogP contribution in [0.25, 0.3) is 0 Å². The largest absolute Gasteiger partial charge is 0.316 e. The molecular weight excluding hydrogens is 266 g/mol. The maximum absolute atomic E-state index is 12.1. The van der Waals surface area contributed by atoms with Gasteiger partial charge in [-0.15, -0.1) is 0 Å². The van der Waals surface area contributed by atoms with Crippen LogP contribution in [0.3, 0.4) is 0 Å². The number of nitrogens with zero attached hydrogens (tertiary/aromatic N) is 3. The van der Waals surface area contributed by atoms with E-state index in [1.54, 1.807) is 17.1 Å². The van der Waals surface area contributed by atoms with Crippen molar-refractivity contribution >= 4 is 11.7 Å². The van der Waals surface area contributed by atoms with Crippen LogP contribution in [-0.2, 0) is 11.3 Å². The summed E-state index contributed by atoms with van der Waals surface area (Å²) in [5.74, 6) is 1.09. The molecule has 6 heteroatoms. The van der Waals surface area contributed by atoms with Crippen molar-refractivity contribution in [1.29, 1.82) is 0 Å². The molecule has 1 fully saturated rings.